The van der Waals surface area contributed by atoms with Crippen LogP contribution in [0, 0.1) is 0 Å². The largest absolute Gasteiger partial charge is 0.382 e. The van der Waals surface area contributed by atoms with Crippen LogP contribution >= 0.6 is 46.4 Å². The molecular formula is C27H35Cl4N13O3. The summed E-state index contributed by atoms with van der Waals surface area (Å²) in [4.78, 5) is 40.2. The molecule has 0 atom stereocenters. The smallest absolute Gasteiger partial charge is 0.242 e. The number of nitrogen functional groups attached to an aromatic ring is 4. The van der Waals surface area contributed by atoms with Crippen molar-refractivity contribution in [2.45, 2.75) is 0 Å². The molecule has 3 amide bonds. The summed E-state index contributed by atoms with van der Waals surface area (Å²) < 4.78 is 0. The van der Waals surface area contributed by atoms with E-state index in [9.17, 15) is 14.4 Å². The van der Waals surface area contributed by atoms with Crippen molar-refractivity contribution < 1.29 is 14.4 Å². The van der Waals surface area contributed by atoms with Crippen LogP contribution in [-0.2, 0) is 14.4 Å². The Hall–Kier alpha value is -4.77. The Labute approximate surface area is 292 Å². The summed E-state index contributed by atoms with van der Waals surface area (Å²) in [5, 5.41) is 16.5. The van der Waals surface area contributed by atoms with Crippen molar-refractivity contribution >= 4 is 89.2 Å². The minimum atomic E-state index is 0.0133. The highest BCUT2D eigenvalue weighted by molar-refractivity contribution is 6.44. The van der Waals surface area contributed by atoms with E-state index in [1.54, 1.807) is 78.7 Å². The first-order valence-electron chi connectivity index (χ1n) is 12.8. The third-order valence-corrected chi connectivity index (χ3v) is 6.14. The van der Waals surface area contributed by atoms with Gasteiger partial charge in [-0.2, -0.15) is 9.97 Å². The van der Waals surface area contributed by atoms with E-state index in [4.69, 9.17) is 69.3 Å². The van der Waals surface area contributed by atoms with E-state index >= 15 is 0 Å². The Bertz CT molecular complexity index is 1470. The van der Waals surface area contributed by atoms with Crippen molar-refractivity contribution in [2.24, 2.45) is 0 Å². The quantitative estimate of drug-likeness (QED) is 0.216. The average Bonchev–Trinajstić information content (AvgIpc) is 3.02. The second kappa shape index (κ2) is 21.9. The van der Waals surface area contributed by atoms with Crippen LogP contribution in [0.15, 0.2) is 36.4 Å². The van der Waals surface area contributed by atoms with Crippen LogP contribution in [0.3, 0.4) is 0 Å². The summed E-state index contributed by atoms with van der Waals surface area (Å²) in [6, 6.07) is 10.3. The predicted octanol–water partition coefficient (Wildman–Crippen LogP) is 3.13. The molecule has 0 aliphatic rings. The summed E-state index contributed by atoms with van der Waals surface area (Å²) in [7, 11) is 10.1. The fourth-order valence-electron chi connectivity index (χ4n) is 2.46. The molecule has 0 fully saturated rings. The number of nitrogens with two attached hydrogens (primary N) is 4. The second-order valence-electron chi connectivity index (χ2n) is 9.22. The lowest BCUT2D eigenvalue weighted by Crippen LogP contribution is -2.06. The van der Waals surface area contributed by atoms with Gasteiger partial charge >= 0.3 is 0 Å². The van der Waals surface area contributed by atoms with Gasteiger partial charge in [-0.1, -0.05) is 70.7 Å². The first-order valence-corrected chi connectivity index (χ1v) is 14.3. The minimum absolute atomic E-state index is 0.0133. The number of hydrogen-bond acceptors (Lipinski definition) is 13. The van der Waals surface area contributed by atoms with Crippen LogP contribution in [-0.4, -0.2) is 107 Å². The Balaban J connectivity index is 0.000000636. The SMILES string of the molecule is CN(C)C=O.CN(C)C=O.CN(C)C=O.Nc1nnc(-c2cccc(Cl)c2Cl)c(N)n1.Nc1nnc(-c2cccc(Cl)c2Cl)c(N)n1. The number of aromatic nitrogens is 6. The molecule has 2 aromatic heterocycles. The number of amides is 3. The molecular weight excluding hydrogens is 696 g/mol. The molecule has 8 N–H and O–H groups in total. The van der Waals surface area contributed by atoms with Gasteiger partial charge in [-0.25, -0.2) is 0 Å². The summed E-state index contributed by atoms with van der Waals surface area (Å²) in [5.74, 6) is 0.354. The van der Waals surface area contributed by atoms with Crippen LogP contribution in [0.5, 0.6) is 0 Å². The molecule has 47 heavy (non-hydrogen) atoms. The van der Waals surface area contributed by atoms with E-state index in [2.05, 4.69) is 30.4 Å². The number of carbonyl (C=O) groups is 3. The van der Waals surface area contributed by atoms with Crippen LogP contribution in [0.1, 0.15) is 0 Å². The van der Waals surface area contributed by atoms with Crippen LogP contribution in [0.25, 0.3) is 22.5 Å². The van der Waals surface area contributed by atoms with Gasteiger partial charge in [0.2, 0.25) is 31.1 Å². The Morgan fingerprint density at radius 1 is 0.532 bits per heavy atom. The molecule has 0 saturated carbocycles. The number of halogens is 4. The van der Waals surface area contributed by atoms with Gasteiger partial charge < -0.3 is 37.6 Å². The molecule has 4 aromatic rings. The zero-order chi connectivity index (χ0) is 36.3. The maximum Gasteiger partial charge on any atom is 0.242 e. The van der Waals surface area contributed by atoms with Crippen molar-refractivity contribution in [1.82, 2.24) is 45.1 Å². The molecule has 0 aliphatic carbocycles. The minimum Gasteiger partial charge on any atom is -0.382 e. The third kappa shape index (κ3) is 15.9. The van der Waals surface area contributed by atoms with Gasteiger partial charge in [0.25, 0.3) is 0 Å². The normalized spacial score (nSPS) is 9.23. The number of carbonyl (C=O) groups excluding carboxylic acids is 3. The highest BCUT2D eigenvalue weighted by atomic mass is 35.5. The zero-order valence-electron chi connectivity index (χ0n) is 26.3. The van der Waals surface area contributed by atoms with Gasteiger partial charge in [0.05, 0.1) is 20.1 Å². The summed E-state index contributed by atoms with van der Waals surface area (Å²) in [6.45, 7) is 0. The van der Waals surface area contributed by atoms with Crippen molar-refractivity contribution in [3.8, 4) is 22.5 Å². The van der Waals surface area contributed by atoms with Gasteiger partial charge in [-0.15, -0.1) is 20.4 Å². The zero-order valence-corrected chi connectivity index (χ0v) is 29.3. The summed E-state index contributed by atoms with van der Waals surface area (Å²) >= 11 is 23.8. The lowest BCUT2D eigenvalue weighted by molar-refractivity contribution is -0.116. The number of rotatable bonds is 5. The van der Waals surface area contributed by atoms with E-state index in [-0.39, 0.29) is 23.5 Å². The number of nitrogens with zero attached hydrogens (tertiary/aromatic N) is 9. The molecule has 0 bridgehead atoms. The van der Waals surface area contributed by atoms with Crippen LogP contribution < -0.4 is 22.9 Å². The Morgan fingerprint density at radius 2 is 0.809 bits per heavy atom. The molecule has 20 heteroatoms. The molecule has 0 saturated heterocycles. The maximum absolute atomic E-state index is 9.43. The fraction of sp³-hybridized carbons (Fsp3) is 0.222. The summed E-state index contributed by atoms with van der Waals surface area (Å²) in [6.07, 6.45) is 2.25. The standard InChI is InChI=1S/2C9H7Cl2N5.3C3H7NO/c2*10-5-3-1-2-4(6(5)11)7-8(12)14-9(13)16-15-7;3*1-4(2)3-5/h2*1-3H,(H4,12,13,14,16);3*3H,1-2H3. The molecule has 0 spiro atoms. The van der Waals surface area contributed by atoms with Crippen LogP contribution in [0.4, 0.5) is 23.5 Å². The topological polar surface area (TPSA) is 242 Å². The van der Waals surface area contributed by atoms with Gasteiger partial charge in [0, 0.05) is 53.4 Å². The molecule has 254 valence electrons. The first-order chi connectivity index (χ1) is 22.0. The average molecular weight is 731 g/mol. The second-order valence-corrected chi connectivity index (χ2v) is 10.8. The first kappa shape index (κ1) is 42.2. The third-order valence-electron chi connectivity index (χ3n) is 4.51. The van der Waals surface area contributed by atoms with Gasteiger partial charge in [0.15, 0.2) is 11.6 Å². The van der Waals surface area contributed by atoms with Crippen molar-refractivity contribution in [3.63, 3.8) is 0 Å². The molecule has 0 radical (unpaired) electrons. The molecule has 16 nitrogen and oxygen atoms in total. The predicted molar refractivity (Wildman–Crippen MR) is 187 cm³/mol. The van der Waals surface area contributed by atoms with E-state index in [1.807, 2.05) is 0 Å². The highest BCUT2D eigenvalue weighted by Gasteiger charge is 2.14. The monoisotopic (exact) mass is 729 g/mol. The van der Waals surface area contributed by atoms with Crippen LogP contribution in [0.2, 0.25) is 20.1 Å². The molecule has 2 aromatic carbocycles. The van der Waals surface area contributed by atoms with E-state index in [1.165, 1.54) is 14.7 Å². The summed E-state index contributed by atoms with van der Waals surface area (Å²) in [5.41, 5.74) is 23.9. The van der Waals surface area contributed by atoms with Crippen molar-refractivity contribution in [3.05, 3.63) is 56.5 Å². The molecule has 0 aliphatic heterocycles. The highest BCUT2D eigenvalue weighted by Crippen LogP contribution is 2.35. The van der Waals surface area contributed by atoms with E-state index < -0.39 is 0 Å². The van der Waals surface area contributed by atoms with Crippen molar-refractivity contribution in [1.29, 1.82) is 0 Å². The maximum atomic E-state index is 9.43. The van der Waals surface area contributed by atoms with Gasteiger partial charge in [-0.3, -0.25) is 14.4 Å². The Kier molecular flexibility index (Phi) is 19.7. The van der Waals surface area contributed by atoms with E-state index in [0.717, 1.165) is 19.2 Å². The lowest BCUT2D eigenvalue weighted by Gasteiger charge is -2.06. The lowest BCUT2D eigenvalue weighted by atomic mass is 10.1. The van der Waals surface area contributed by atoms with E-state index in [0.29, 0.717) is 42.6 Å². The Morgan fingerprint density at radius 3 is 1.04 bits per heavy atom. The van der Waals surface area contributed by atoms with Crippen molar-refractivity contribution in [2.75, 3.05) is 65.2 Å². The molecule has 4 rings (SSSR count). The van der Waals surface area contributed by atoms with Gasteiger partial charge in [0.1, 0.15) is 11.4 Å². The number of anilines is 4. The number of hydrogen-bond donors (Lipinski definition) is 4. The molecule has 0 unspecified atom stereocenters. The number of benzene rings is 2. The fourth-order valence-corrected chi connectivity index (χ4v) is 3.24. The molecule has 2 heterocycles. The van der Waals surface area contributed by atoms with Gasteiger partial charge in [-0.05, 0) is 12.1 Å².